The molecule has 2 aromatic heterocycles. The molecule has 1 saturated heterocycles. The molecule has 6 heteroatoms. The average molecular weight is 334 g/mol. The molecule has 25 heavy (non-hydrogen) atoms. The van der Waals surface area contributed by atoms with Crippen molar-refractivity contribution in [2.24, 2.45) is 0 Å². The summed E-state index contributed by atoms with van der Waals surface area (Å²) in [5, 5.41) is 0. The van der Waals surface area contributed by atoms with Gasteiger partial charge in [-0.15, -0.1) is 0 Å². The molecule has 3 aromatic rings. The maximum absolute atomic E-state index is 13.3. The normalized spacial score (nSPS) is 16.2. The molecule has 1 fully saturated rings. The van der Waals surface area contributed by atoms with Crippen LogP contribution in [0.5, 0.6) is 0 Å². The average Bonchev–Trinajstić information content (AvgIpc) is 3.09. The number of hydrogen-bond acceptors (Lipinski definition) is 3. The maximum atomic E-state index is 13.3. The molecule has 4 rings (SSSR count). The van der Waals surface area contributed by atoms with Gasteiger partial charge in [0.05, 0.1) is 11.4 Å². The van der Waals surface area contributed by atoms with Crippen molar-refractivity contribution in [1.82, 2.24) is 19.8 Å². The Labute approximate surface area is 147 Å². The van der Waals surface area contributed by atoms with E-state index in [0.29, 0.717) is 5.92 Å². The van der Waals surface area contributed by atoms with Crippen LogP contribution < -0.4 is 0 Å². The van der Waals surface area contributed by atoms with Crippen LogP contribution in [0.25, 0.3) is 22.5 Å². The SMILES string of the molecule is BN1CCC(c2nc(-c3ccncc3)c(-c3ccc(F)cc3)[nH]2)CC1. The van der Waals surface area contributed by atoms with E-state index in [4.69, 9.17) is 4.98 Å². The van der Waals surface area contributed by atoms with Crippen LogP contribution in [0.3, 0.4) is 0 Å². The van der Waals surface area contributed by atoms with Crippen LogP contribution >= 0.6 is 0 Å². The fraction of sp³-hybridized carbons (Fsp3) is 0.263. The molecular formula is C19H20BFN4. The Hall–Kier alpha value is -2.47. The molecule has 1 aliphatic rings. The van der Waals surface area contributed by atoms with Crippen LogP contribution in [-0.2, 0) is 0 Å². The number of nitrogens with one attached hydrogen (secondary N) is 1. The highest BCUT2D eigenvalue weighted by Crippen LogP contribution is 2.34. The van der Waals surface area contributed by atoms with Crippen LogP contribution in [0, 0.1) is 5.82 Å². The van der Waals surface area contributed by atoms with Gasteiger partial charge in [0.1, 0.15) is 11.6 Å². The second kappa shape index (κ2) is 6.80. The lowest BCUT2D eigenvalue weighted by atomic mass is 9.94. The van der Waals surface area contributed by atoms with E-state index >= 15 is 0 Å². The first-order chi connectivity index (χ1) is 12.2. The van der Waals surface area contributed by atoms with Gasteiger partial charge in [-0.25, -0.2) is 9.37 Å². The second-order valence-corrected chi connectivity index (χ2v) is 6.67. The minimum absolute atomic E-state index is 0.232. The maximum Gasteiger partial charge on any atom is 0.185 e. The molecule has 0 bridgehead atoms. The molecule has 0 saturated carbocycles. The highest BCUT2D eigenvalue weighted by Gasteiger charge is 2.23. The summed E-state index contributed by atoms with van der Waals surface area (Å²) in [7, 11) is 2.16. The fourth-order valence-corrected chi connectivity index (χ4v) is 3.41. The van der Waals surface area contributed by atoms with E-state index in [-0.39, 0.29) is 5.82 Å². The van der Waals surface area contributed by atoms with Crippen LogP contribution in [0.4, 0.5) is 4.39 Å². The van der Waals surface area contributed by atoms with Crippen molar-refractivity contribution in [1.29, 1.82) is 0 Å². The van der Waals surface area contributed by atoms with Crippen LogP contribution in [0.2, 0.25) is 0 Å². The van der Waals surface area contributed by atoms with Gasteiger partial charge < -0.3 is 9.79 Å². The van der Waals surface area contributed by atoms with Crippen molar-refractivity contribution in [2.45, 2.75) is 18.8 Å². The number of halogens is 1. The number of benzene rings is 1. The van der Waals surface area contributed by atoms with E-state index in [1.807, 2.05) is 12.1 Å². The van der Waals surface area contributed by atoms with Gasteiger partial charge in [0.25, 0.3) is 0 Å². The van der Waals surface area contributed by atoms with E-state index in [0.717, 1.165) is 54.3 Å². The van der Waals surface area contributed by atoms with Gasteiger partial charge in [-0.2, -0.15) is 0 Å². The van der Waals surface area contributed by atoms with Gasteiger partial charge in [-0.05, 0) is 62.3 Å². The number of H-pyrrole nitrogens is 1. The number of piperidine rings is 1. The number of hydrogen-bond donors (Lipinski definition) is 1. The minimum atomic E-state index is -0.232. The fourth-order valence-electron chi connectivity index (χ4n) is 3.41. The molecule has 0 amide bonds. The standard InChI is InChI=1S/C19H20BFN4/c20-25-11-7-15(8-12-25)19-23-17(13-1-3-16(21)4-2-13)18(24-19)14-5-9-22-10-6-14/h1-6,9-10,15H,7-8,11-12,20H2,(H,23,24). The van der Waals surface area contributed by atoms with Crippen molar-refractivity contribution in [2.75, 3.05) is 13.1 Å². The predicted octanol–water partition coefficient (Wildman–Crippen LogP) is 3.01. The Balaban J connectivity index is 1.77. The molecule has 1 N–H and O–H groups in total. The van der Waals surface area contributed by atoms with E-state index in [1.165, 1.54) is 12.1 Å². The summed E-state index contributed by atoms with van der Waals surface area (Å²) in [6.45, 7) is 2.17. The van der Waals surface area contributed by atoms with Gasteiger partial charge in [0.15, 0.2) is 7.98 Å². The first kappa shape index (κ1) is 16.0. The summed E-state index contributed by atoms with van der Waals surface area (Å²) in [4.78, 5) is 14.9. The van der Waals surface area contributed by atoms with Crippen molar-refractivity contribution >= 4 is 7.98 Å². The summed E-state index contributed by atoms with van der Waals surface area (Å²) in [6, 6.07) is 10.5. The molecule has 3 heterocycles. The number of aromatic nitrogens is 3. The lowest BCUT2D eigenvalue weighted by Crippen LogP contribution is -2.30. The highest BCUT2D eigenvalue weighted by molar-refractivity contribution is 6.04. The molecule has 0 spiro atoms. The van der Waals surface area contributed by atoms with Crippen LogP contribution in [0.15, 0.2) is 48.8 Å². The van der Waals surface area contributed by atoms with E-state index in [2.05, 4.69) is 22.8 Å². The first-order valence-electron chi connectivity index (χ1n) is 8.65. The topological polar surface area (TPSA) is 44.8 Å². The minimum Gasteiger partial charge on any atom is -0.349 e. The zero-order valence-electron chi connectivity index (χ0n) is 14.2. The highest BCUT2D eigenvalue weighted by atomic mass is 19.1. The molecule has 0 atom stereocenters. The summed E-state index contributed by atoms with van der Waals surface area (Å²) >= 11 is 0. The predicted molar refractivity (Wildman–Crippen MR) is 99.3 cm³/mol. The zero-order valence-corrected chi connectivity index (χ0v) is 14.2. The molecule has 0 aliphatic carbocycles. The Morgan fingerprint density at radius 3 is 2.36 bits per heavy atom. The van der Waals surface area contributed by atoms with Crippen molar-refractivity contribution < 1.29 is 4.39 Å². The van der Waals surface area contributed by atoms with E-state index < -0.39 is 0 Å². The third-order valence-corrected chi connectivity index (χ3v) is 4.91. The van der Waals surface area contributed by atoms with Crippen molar-refractivity contribution in [3.8, 4) is 22.5 Å². The number of aromatic amines is 1. The van der Waals surface area contributed by atoms with Gasteiger partial charge in [0, 0.05) is 29.4 Å². The molecule has 0 radical (unpaired) electrons. The summed E-state index contributed by atoms with van der Waals surface area (Å²) in [5.41, 5.74) is 3.81. The Morgan fingerprint density at radius 2 is 1.68 bits per heavy atom. The lowest BCUT2D eigenvalue weighted by molar-refractivity contribution is 0.328. The van der Waals surface area contributed by atoms with Crippen LogP contribution in [0.1, 0.15) is 24.6 Å². The molecule has 126 valence electrons. The number of rotatable bonds is 3. The summed E-state index contributed by atoms with van der Waals surface area (Å²) < 4.78 is 13.3. The summed E-state index contributed by atoms with van der Waals surface area (Å²) in [6.07, 6.45) is 5.74. The zero-order chi connectivity index (χ0) is 17.2. The van der Waals surface area contributed by atoms with E-state index in [9.17, 15) is 4.39 Å². The lowest BCUT2D eigenvalue weighted by Gasteiger charge is -2.28. The number of nitrogens with zero attached hydrogens (tertiary/aromatic N) is 3. The summed E-state index contributed by atoms with van der Waals surface area (Å²) in [5.74, 6) is 1.23. The monoisotopic (exact) mass is 334 g/mol. The molecule has 1 aliphatic heterocycles. The second-order valence-electron chi connectivity index (χ2n) is 6.67. The Kier molecular flexibility index (Phi) is 4.36. The van der Waals surface area contributed by atoms with E-state index in [1.54, 1.807) is 24.5 Å². The molecule has 4 nitrogen and oxygen atoms in total. The van der Waals surface area contributed by atoms with Gasteiger partial charge in [-0.1, -0.05) is 0 Å². The third kappa shape index (κ3) is 3.35. The number of pyridine rings is 1. The Morgan fingerprint density at radius 1 is 1.00 bits per heavy atom. The van der Waals surface area contributed by atoms with Gasteiger partial charge in [-0.3, -0.25) is 4.98 Å². The third-order valence-electron chi connectivity index (χ3n) is 4.91. The quantitative estimate of drug-likeness (QED) is 0.749. The largest absolute Gasteiger partial charge is 0.349 e. The molecule has 0 unspecified atom stereocenters. The first-order valence-corrected chi connectivity index (χ1v) is 8.65. The van der Waals surface area contributed by atoms with Crippen molar-refractivity contribution in [3.05, 3.63) is 60.4 Å². The van der Waals surface area contributed by atoms with Gasteiger partial charge in [0.2, 0.25) is 0 Å². The van der Waals surface area contributed by atoms with Gasteiger partial charge >= 0.3 is 0 Å². The molecule has 1 aromatic carbocycles. The van der Waals surface area contributed by atoms with Crippen LogP contribution in [-0.4, -0.2) is 40.8 Å². The van der Waals surface area contributed by atoms with Crippen molar-refractivity contribution in [3.63, 3.8) is 0 Å². The Bertz CT molecular complexity index is 840. The number of imidazole rings is 1. The molecular weight excluding hydrogens is 314 g/mol. The smallest absolute Gasteiger partial charge is 0.185 e.